The molecule has 0 atom stereocenters. The topological polar surface area (TPSA) is 50.2 Å². The molecule has 0 aliphatic heterocycles. The van der Waals surface area contributed by atoms with E-state index in [1.54, 1.807) is 18.3 Å². The SMILES string of the molecule is O=C(O)c1ccc(F)cc1-c1ccc2cccnc2c1. The minimum Gasteiger partial charge on any atom is -0.478 e. The van der Waals surface area contributed by atoms with Crippen LogP contribution in [-0.4, -0.2) is 16.1 Å². The Morgan fingerprint density at radius 3 is 2.75 bits per heavy atom. The molecule has 98 valence electrons. The van der Waals surface area contributed by atoms with Crippen molar-refractivity contribution in [1.29, 1.82) is 0 Å². The van der Waals surface area contributed by atoms with Crippen molar-refractivity contribution in [3.05, 3.63) is 66.1 Å². The summed E-state index contributed by atoms with van der Waals surface area (Å²) in [7, 11) is 0. The van der Waals surface area contributed by atoms with Gasteiger partial charge in [-0.1, -0.05) is 18.2 Å². The lowest BCUT2D eigenvalue weighted by atomic mass is 9.98. The van der Waals surface area contributed by atoms with Crippen LogP contribution in [-0.2, 0) is 0 Å². The van der Waals surface area contributed by atoms with Crippen molar-refractivity contribution in [1.82, 2.24) is 4.98 Å². The highest BCUT2D eigenvalue weighted by molar-refractivity contribution is 5.97. The molecule has 0 amide bonds. The van der Waals surface area contributed by atoms with Crippen LogP contribution in [0.5, 0.6) is 0 Å². The molecule has 1 aromatic heterocycles. The van der Waals surface area contributed by atoms with E-state index >= 15 is 0 Å². The summed E-state index contributed by atoms with van der Waals surface area (Å²) in [6.07, 6.45) is 1.66. The molecule has 0 fully saturated rings. The molecule has 20 heavy (non-hydrogen) atoms. The molecule has 0 saturated heterocycles. The van der Waals surface area contributed by atoms with Gasteiger partial charge in [-0.2, -0.15) is 0 Å². The van der Waals surface area contributed by atoms with E-state index < -0.39 is 11.8 Å². The van der Waals surface area contributed by atoms with Gasteiger partial charge in [0, 0.05) is 11.6 Å². The molecule has 1 N–H and O–H groups in total. The van der Waals surface area contributed by atoms with E-state index in [-0.39, 0.29) is 5.56 Å². The molecule has 0 aliphatic rings. The fourth-order valence-corrected chi connectivity index (χ4v) is 2.18. The first-order valence-corrected chi connectivity index (χ1v) is 6.03. The zero-order chi connectivity index (χ0) is 14.1. The largest absolute Gasteiger partial charge is 0.478 e. The number of hydrogen-bond donors (Lipinski definition) is 1. The second kappa shape index (κ2) is 4.74. The van der Waals surface area contributed by atoms with Crippen LogP contribution in [0.25, 0.3) is 22.0 Å². The van der Waals surface area contributed by atoms with Crippen molar-refractivity contribution < 1.29 is 14.3 Å². The monoisotopic (exact) mass is 267 g/mol. The highest BCUT2D eigenvalue weighted by Crippen LogP contribution is 2.27. The van der Waals surface area contributed by atoms with Gasteiger partial charge in [-0.25, -0.2) is 9.18 Å². The van der Waals surface area contributed by atoms with E-state index in [0.29, 0.717) is 11.1 Å². The molecule has 0 radical (unpaired) electrons. The first-order valence-electron chi connectivity index (χ1n) is 6.03. The Bertz CT molecular complexity index is 814. The maximum atomic E-state index is 13.4. The van der Waals surface area contributed by atoms with Gasteiger partial charge in [0.2, 0.25) is 0 Å². The number of carbonyl (C=O) groups is 1. The number of aromatic nitrogens is 1. The van der Waals surface area contributed by atoms with Gasteiger partial charge < -0.3 is 5.11 Å². The number of carboxylic acid groups (broad SMARTS) is 1. The minimum absolute atomic E-state index is 0.0710. The first kappa shape index (κ1) is 12.3. The molecule has 2 aromatic carbocycles. The van der Waals surface area contributed by atoms with Gasteiger partial charge in [0.05, 0.1) is 11.1 Å². The predicted molar refractivity (Wildman–Crippen MR) is 74.1 cm³/mol. The highest BCUT2D eigenvalue weighted by Gasteiger charge is 2.13. The van der Waals surface area contributed by atoms with Gasteiger partial charge in [-0.15, -0.1) is 0 Å². The molecule has 1 heterocycles. The van der Waals surface area contributed by atoms with Crippen LogP contribution in [0.1, 0.15) is 10.4 Å². The number of rotatable bonds is 2. The Morgan fingerprint density at radius 1 is 1.10 bits per heavy atom. The van der Waals surface area contributed by atoms with Crippen molar-refractivity contribution in [2.45, 2.75) is 0 Å². The normalized spacial score (nSPS) is 10.7. The molecule has 0 aliphatic carbocycles. The number of hydrogen-bond acceptors (Lipinski definition) is 2. The fraction of sp³-hybridized carbons (Fsp3) is 0. The van der Waals surface area contributed by atoms with Crippen molar-refractivity contribution in [2.24, 2.45) is 0 Å². The summed E-state index contributed by atoms with van der Waals surface area (Å²) >= 11 is 0. The summed E-state index contributed by atoms with van der Waals surface area (Å²) in [6.45, 7) is 0. The molecule has 0 saturated carbocycles. The summed E-state index contributed by atoms with van der Waals surface area (Å²) in [4.78, 5) is 15.5. The van der Waals surface area contributed by atoms with Crippen LogP contribution in [0.3, 0.4) is 0 Å². The van der Waals surface area contributed by atoms with Crippen molar-refractivity contribution >= 4 is 16.9 Å². The summed E-state index contributed by atoms with van der Waals surface area (Å²) in [5.41, 5.74) is 1.80. The van der Waals surface area contributed by atoms with Crippen LogP contribution in [0.4, 0.5) is 4.39 Å². The second-order valence-electron chi connectivity index (χ2n) is 4.41. The van der Waals surface area contributed by atoms with E-state index in [0.717, 1.165) is 17.0 Å². The lowest BCUT2D eigenvalue weighted by Gasteiger charge is -2.07. The number of halogens is 1. The predicted octanol–water partition coefficient (Wildman–Crippen LogP) is 3.74. The summed E-state index contributed by atoms with van der Waals surface area (Å²) < 4.78 is 13.4. The Kier molecular flexibility index (Phi) is 2.91. The Morgan fingerprint density at radius 2 is 1.95 bits per heavy atom. The number of aromatic carboxylic acids is 1. The molecule has 0 spiro atoms. The van der Waals surface area contributed by atoms with Gasteiger partial charge in [0.1, 0.15) is 5.82 Å². The third-order valence-corrected chi connectivity index (χ3v) is 3.13. The zero-order valence-corrected chi connectivity index (χ0v) is 10.4. The van der Waals surface area contributed by atoms with Crippen molar-refractivity contribution in [2.75, 3.05) is 0 Å². The zero-order valence-electron chi connectivity index (χ0n) is 10.4. The first-order chi connectivity index (χ1) is 9.65. The quantitative estimate of drug-likeness (QED) is 0.769. The maximum Gasteiger partial charge on any atom is 0.336 e. The summed E-state index contributed by atoms with van der Waals surface area (Å²) in [5, 5.41) is 10.1. The standard InChI is InChI=1S/C16H10FNO2/c17-12-5-6-13(16(19)20)14(9-12)11-4-3-10-2-1-7-18-15(10)8-11/h1-9H,(H,19,20). The molecule has 4 heteroatoms. The van der Waals surface area contributed by atoms with Gasteiger partial charge in [0.15, 0.2) is 0 Å². The maximum absolute atomic E-state index is 13.4. The summed E-state index contributed by atoms with van der Waals surface area (Å²) in [5.74, 6) is -1.55. The van der Waals surface area contributed by atoms with Crippen LogP contribution in [0.15, 0.2) is 54.7 Å². The molecule has 3 nitrogen and oxygen atoms in total. The van der Waals surface area contributed by atoms with Gasteiger partial charge in [-0.3, -0.25) is 4.98 Å². The molecular formula is C16H10FNO2. The smallest absolute Gasteiger partial charge is 0.336 e. The average molecular weight is 267 g/mol. The van der Waals surface area contributed by atoms with Crippen molar-refractivity contribution in [3.8, 4) is 11.1 Å². The van der Waals surface area contributed by atoms with Gasteiger partial charge in [0.25, 0.3) is 0 Å². The van der Waals surface area contributed by atoms with Crippen LogP contribution >= 0.6 is 0 Å². The fourth-order valence-electron chi connectivity index (χ4n) is 2.18. The number of carboxylic acids is 1. The van der Waals surface area contributed by atoms with E-state index in [9.17, 15) is 14.3 Å². The summed E-state index contributed by atoms with van der Waals surface area (Å²) in [6, 6.07) is 12.8. The molecular weight excluding hydrogens is 257 g/mol. The van der Waals surface area contributed by atoms with E-state index in [4.69, 9.17) is 0 Å². The average Bonchev–Trinajstić information content (AvgIpc) is 2.46. The third-order valence-electron chi connectivity index (χ3n) is 3.13. The third kappa shape index (κ3) is 2.12. The molecule has 0 bridgehead atoms. The molecule has 3 rings (SSSR count). The van der Waals surface area contributed by atoms with Crippen LogP contribution in [0, 0.1) is 5.82 Å². The van der Waals surface area contributed by atoms with E-state index in [1.165, 1.54) is 12.1 Å². The van der Waals surface area contributed by atoms with E-state index in [2.05, 4.69) is 4.98 Å². The van der Waals surface area contributed by atoms with Gasteiger partial charge in [-0.05, 0) is 41.5 Å². The van der Waals surface area contributed by atoms with Crippen LogP contribution in [0.2, 0.25) is 0 Å². The van der Waals surface area contributed by atoms with E-state index in [1.807, 2.05) is 18.2 Å². The number of pyridine rings is 1. The minimum atomic E-state index is -1.08. The lowest BCUT2D eigenvalue weighted by Crippen LogP contribution is -2.00. The molecule has 3 aromatic rings. The van der Waals surface area contributed by atoms with Gasteiger partial charge >= 0.3 is 5.97 Å². The number of nitrogens with zero attached hydrogens (tertiary/aromatic N) is 1. The van der Waals surface area contributed by atoms with Crippen molar-refractivity contribution in [3.63, 3.8) is 0 Å². The lowest BCUT2D eigenvalue weighted by molar-refractivity contribution is 0.0697. The highest BCUT2D eigenvalue weighted by atomic mass is 19.1. The second-order valence-corrected chi connectivity index (χ2v) is 4.41. The Balaban J connectivity index is 2.24. The number of benzene rings is 2. The van der Waals surface area contributed by atoms with Crippen LogP contribution < -0.4 is 0 Å². The Labute approximate surface area is 114 Å². The Hall–Kier alpha value is -2.75. The number of fused-ring (bicyclic) bond motifs is 1. The molecule has 0 unspecified atom stereocenters.